The molecule has 2 heterocycles. The van der Waals surface area contributed by atoms with Crippen LogP contribution in [-0.4, -0.2) is 26.6 Å². The van der Waals surface area contributed by atoms with E-state index in [0.717, 1.165) is 23.8 Å². The number of benzene rings is 2. The van der Waals surface area contributed by atoms with Gasteiger partial charge in [0.05, 0.1) is 28.5 Å². The van der Waals surface area contributed by atoms with Gasteiger partial charge in [0.25, 0.3) is 11.8 Å². The van der Waals surface area contributed by atoms with Crippen molar-refractivity contribution in [3.8, 4) is 0 Å². The fourth-order valence-corrected chi connectivity index (χ4v) is 3.81. The van der Waals surface area contributed by atoms with Crippen molar-refractivity contribution in [2.45, 2.75) is 26.1 Å². The van der Waals surface area contributed by atoms with Crippen LogP contribution in [0.3, 0.4) is 0 Å². The van der Waals surface area contributed by atoms with Crippen molar-refractivity contribution in [1.29, 1.82) is 0 Å². The topological polar surface area (TPSA) is 103 Å². The number of nitrogens with two attached hydrogens (primary N) is 1. The van der Waals surface area contributed by atoms with Gasteiger partial charge in [-0.05, 0) is 37.6 Å². The molecule has 35 heavy (non-hydrogen) atoms. The number of hydrogen-bond acceptors (Lipinski definition) is 4. The first-order chi connectivity index (χ1) is 16.5. The highest BCUT2D eigenvalue weighted by Gasteiger charge is 2.40. The average Bonchev–Trinajstić information content (AvgIpc) is 3.14. The molecular weight excluding hydrogens is 466 g/mol. The van der Waals surface area contributed by atoms with Crippen LogP contribution in [0.4, 0.5) is 23.2 Å². The van der Waals surface area contributed by atoms with Crippen LogP contribution in [0.1, 0.15) is 50.8 Å². The number of alkyl halides is 3. The van der Waals surface area contributed by atoms with Crippen molar-refractivity contribution in [1.82, 2.24) is 14.8 Å². The number of pyridine rings is 1. The zero-order valence-corrected chi connectivity index (χ0v) is 18.5. The van der Waals surface area contributed by atoms with Gasteiger partial charge in [0.2, 0.25) is 0 Å². The van der Waals surface area contributed by atoms with Crippen LogP contribution < -0.4 is 11.1 Å². The molecule has 2 amide bonds. The highest BCUT2D eigenvalue weighted by Crippen LogP contribution is 2.38. The Hall–Kier alpha value is -4.28. The molecule has 180 valence electrons. The largest absolute Gasteiger partial charge is 0.437 e. The molecule has 0 fully saturated rings. The Morgan fingerprint density at radius 2 is 1.77 bits per heavy atom. The van der Waals surface area contributed by atoms with Gasteiger partial charge >= 0.3 is 6.18 Å². The lowest BCUT2D eigenvalue weighted by Crippen LogP contribution is -2.19. The molecule has 0 bridgehead atoms. The zero-order valence-electron chi connectivity index (χ0n) is 18.5. The molecule has 1 atom stereocenters. The molecular formula is C24H19F4N5O2. The Morgan fingerprint density at radius 3 is 2.40 bits per heavy atom. The maximum Gasteiger partial charge on any atom is 0.437 e. The van der Waals surface area contributed by atoms with E-state index in [1.54, 1.807) is 37.3 Å². The van der Waals surface area contributed by atoms with Gasteiger partial charge in [0, 0.05) is 11.5 Å². The van der Waals surface area contributed by atoms with E-state index in [1.165, 1.54) is 17.7 Å². The van der Waals surface area contributed by atoms with E-state index in [2.05, 4.69) is 15.4 Å². The van der Waals surface area contributed by atoms with Gasteiger partial charge in [-0.3, -0.25) is 14.3 Å². The smallest absolute Gasteiger partial charge is 0.364 e. The highest BCUT2D eigenvalue weighted by molar-refractivity contribution is 6.14. The lowest BCUT2D eigenvalue weighted by atomic mass is 10.1. The third-order valence-corrected chi connectivity index (χ3v) is 5.57. The molecule has 0 radical (unpaired) electrons. The van der Waals surface area contributed by atoms with Crippen molar-refractivity contribution in [3.05, 3.63) is 88.6 Å². The monoisotopic (exact) mass is 485 g/mol. The third kappa shape index (κ3) is 4.57. The normalized spacial score (nSPS) is 12.5. The van der Waals surface area contributed by atoms with Gasteiger partial charge in [-0.2, -0.15) is 18.3 Å². The predicted octanol–water partition coefficient (Wildman–Crippen LogP) is 4.86. The Balaban J connectivity index is 1.82. The molecule has 0 spiro atoms. The Morgan fingerprint density at radius 1 is 1.09 bits per heavy atom. The van der Waals surface area contributed by atoms with Gasteiger partial charge in [-0.1, -0.05) is 30.3 Å². The van der Waals surface area contributed by atoms with Crippen LogP contribution in [0.25, 0.3) is 10.9 Å². The fraction of sp³-hybridized carbons (Fsp3) is 0.167. The van der Waals surface area contributed by atoms with Crippen LogP contribution in [-0.2, 0) is 6.18 Å². The molecule has 7 nitrogen and oxygen atoms in total. The van der Waals surface area contributed by atoms with Crippen molar-refractivity contribution < 1.29 is 27.2 Å². The summed E-state index contributed by atoms with van der Waals surface area (Å²) in [6.07, 6.45) is -4.86. The Kier molecular flexibility index (Phi) is 6.01. The number of nitrogens with zero attached hydrogens (tertiary/aromatic N) is 3. The summed E-state index contributed by atoms with van der Waals surface area (Å²) in [5, 5.41) is 6.18. The standard InChI is InChI=1S/C24H19F4N5O2/c1-12(14-6-4-3-5-7-14)33-13(2)20(21(32-33)24(26,27)28)31-23(35)17-11-19(22(29)34)30-18-10-15(25)8-9-16(17)18/h3-12H,1-2H3,(H2,29,34)(H,31,35)/t12-/m1/s1. The second-order valence-electron chi connectivity index (χ2n) is 7.87. The second-order valence-corrected chi connectivity index (χ2v) is 7.87. The Bertz CT molecular complexity index is 1450. The second kappa shape index (κ2) is 8.82. The number of rotatable bonds is 5. The summed E-state index contributed by atoms with van der Waals surface area (Å²) in [5.41, 5.74) is 3.68. The number of amides is 2. The quantitative estimate of drug-likeness (QED) is 0.394. The minimum absolute atomic E-state index is 0.0485. The molecule has 11 heteroatoms. The van der Waals surface area contributed by atoms with Crippen molar-refractivity contribution in [3.63, 3.8) is 0 Å². The van der Waals surface area contributed by atoms with E-state index in [4.69, 9.17) is 5.73 Å². The van der Waals surface area contributed by atoms with Crippen LogP contribution in [0.5, 0.6) is 0 Å². The van der Waals surface area contributed by atoms with Gasteiger partial charge in [0.15, 0.2) is 5.69 Å². The van der Waals surface area contributed by atoms with Gasteiger partial charge in [-0.25, -0.2) is 9.37 Å². The van der Waals surface area contributed by atoms with Crippen molar-refractivity contribution in [2.24, 2.45) is 5.73 Å². The van der Waals surface area contributed by atoms with E-state index in [1.807, 2.05) is 0 Å². The van der Waals surface area contributed by atoms with E-state index in [0.29, 0.717) is 0 Å². The van der Waals surface area contributed by atoms with Crippen LogP contribution >= 0.6 is 0 Å². The van der Waals surface area contributed by atoms with E-state index in [9.17, 15) is 27.2 Å². The molecule has 0 saturated heterocycles. The number of carbonyl (C=O) groups is 2. The zero-order chi connectivity index (χ0) is 25.5. The lowest BCUT2D eigenvalue weighted by molar-refractivity contribution is -0.140. The summed E-state index contributed by atoms with van der Waals surface area (Å²) >= 11 is 0. The molecule has 0 aliphatic rings. The number of nitrogens with one attached hydrogen (secondary N) is 1. The molecule has 0 unspecified atom stereocenters. The molecule has 2 aromatic carbocycles. The highest BCUT2D eigenvalue weighted by atomic mass is 19.4. The van der Waals surface area contributed by atoms with Crippen LogP contribution in [0, 0.1) is 12.7 Å². The van der Waals surface area contributed by atoms with E-state index >= 15 is 0 Å². The summed E-state index contributed by atoms with van der Waals surface area (Å²) < 4.78 is 56.6. The van der Waals surface area contributed by atoms with Crippen molar-refractivity contribution >= 4 is 28.4 Å². The number of primary amides is 1. The SMILES string of the molecule is Cc1c(NC(=O)c2cc(C(N)=O)nc3cc(F)ccc23)c(C(F)(F)F)nn1[C@H](C)c1ccccc1. The minimum atomic E-state index is -4.86. The predicted molar refractivity (Wildman–Crippen MR) is 120 cm³/mol. The number of anilines is 1. The van der Waals surface area contributed by atoms with E-state index in [-0.39, 0.29) is 27.9 Å². The molecule has 0 aliphatic heterocycles. The summed E-state index contributed by atoms with van der Waals surface area (Å²) in [7, 11) is 0. The molecule has 4 rings (SSSR count). The summed E-state index contributed by atoms with van der Waals surface area (Å²) in [5.74, 6) is -2.63. The lowest BCUT2D eigenvalue weighted by Gasteiger charge is -2.15. The average molecular weight is 485 g/mol. The molecule has 2 aromatic heterocycles. The number of halogens is 4. The van der Waals surface area contributed by atoms with E-state index < -0.39 is 41.2 Å². The van der Waals surface area contributed by atoms with Crippen LogP contribution in [0.2, 0.25) is 0 Å². The molecule has 3 N–H and O–H groups in total. The van der Waals surface area contributed by atoms with Gasteiger partial charge < -0.3 is 11.1 Å². The number of aromatic nitrogens is 3. The fourth-order valence-electron chi connectivity index (χ4n) is 3.81. The minimum Gasteiger partial charge on any atom is -0.364 e. The Labute approximate surface area is 196 Å². The maximum atomic E-state index is 13.9. The summed E-state index contributed by atoms with van der Waals surface area (Å²) in [6, 6.07) is 12.6. The van der Waals surface area contributed by atoms with Gasteiger partial charge in [-0.15, -0.1) is 0 Å². The first kappa shape index (κ1) is 23.9. The van der Waals surface area contributed by atoms with Crippen molar-refractivity contribution in [2.75, 3.05) is 5.32 Å². The first-order valence-corrected chi connectivity index (χ1v) is 10.4. The van der Waals surface area contributed by atoms with Gasteiger partial charge in [0.1, 0.15) is 11.5 Å². The number of fused-ring (bicyclic) bond motifs is 1. The third-order valence-electron chi connectivity index (χ3n) is 5.57. The molecule has 4 aromatic rings. The first-order valence-electron chi connectivity index (χ1n) is 10.4. The maximum absolute atomic E-state index is 13.9. The molecule has 0 saturated carbocycles. The van der Waals surface area contributed by atoms with Crippen LogP contribution in [0.15, 0.2) is 54.6 Å². The molecule has 0 aliphatic carbocycles. The number of carbonyl (C=O) groups excluding carboxylic acids is 2. The summed E-state index contributed by atoms with van der Waals surface area (Å²) in [6.45, 7) is 3.09. The number of hydrogen-bond donors (Lipinski definition) is 2. The summed E-state index contributed by atoms with van der Waals surface area (Å²) in [4.78, 5) is 28.8.